The van der Waals surface area contributed by atoms with E-state index in [0.717, 1.165) is 12.1 Å². The van der Waals surface area contributed by atoms with Crippen molar-refractivity contribution < 1.29 is 21.7 Å². The Labute approximate surface area is 88.5 Å². The second kappa shape index (κ2) is 4.14. The second-order valence-electron chi connectivity index (χ2n) is 2.56. The summed E-state index contributed by atoms with van der Waals surface area (Å²) in [4.78, 5) is -0.544. The minimum atomic E-state index is -4.46. The molecule has 9 heteroatoms. The van der Waals surface area contributed by atoms with Crippen molar-refractivity contribution in [1.29, 1.82) is 0 Å². The van der Waals surface area contributed by atoms with Crippen molar-refractivity contribution in [2.24, 2.45) is 0 Å². The highest BCUT2D eigenvalue weighted by Crippen LogP contribution is 2.22. The van der Waals surface area contributed by atoms with Crippen molar-refractivity contribution in [1.82, 2.24) is 0 Å². The Kier molecular flexibility index (Phi) is 3.29. The first-order valence-corrected chi connectivity index (χ1v) is 6.05. The average molecular weight is 251 g/mol. The van der Waals surface area contributed by atoms with Crippen molar-refractivity contribution in [3.05, 3.63) is 18.2 Å². The van der Waals surface area contributed by atoms with Gasteiger partial charge in [0.1, 0.15) is 4.90 Å². The van der Waals surface area contributed by atoms with Crippen LogP contribution in [-0.2, 0) is 21.4 Å². The smallest absolute Gasteiger partial charge is 0.296 e. The van der Waals surface area contributed by atoms with Gasteiger partial charge >= 0.3 is 0 Å². The molecule has 0 aliphatic carbocycles. The van der Waals surface area contributed by atoms with Crippen LogP contribution in [0.15, 0.2) is 23.1 Å². The Balaban J connectivity index is 3.23. The predicted molar refractivity (Wildman–Crippen MR) is 53.2 cm³/mol. The monoisotopic (exact) mass is 251 g/mol. The van der Waals surface area contributed by atoms with E-state index in [-0.39, 0.29) is 11.4 Å². The van der Waals surface area contributed by atoms with Crippen molar-refractivity contribution in [3.63, 3.8) is 0 Å². The van der Waals surface area contributed by atoms with E-state index < -0.39 is 26.3 Å². The molecule has 84 valence electrons. The fourth-order valence-electron chi connectivity index (χ4n) is 0.917. The molecular weight excluding hydrogens is 244 g/mol. The molecular formula is C6H7N2O5S2-. The molecule has 0 aliphatic heterocycles. The summed E-state index contributed by atoms with van der Waals surface area (Å²) in [6.45, 7) is 0. The molecule has 0 heterocycles. The molecule has 0 radical (unpaired) electrons. The van der Waals surface area contributed by atoms with Gasteiger partial charge in [0.25, 0.3) is 10.1 Å². The molecule has 1 unspecified atom stereocenters. The summed E-state index contributed by atoms with van der Waals surface area (Å²) in [6.07, 6.45) is 0. The zero-order valence-corrected chi connectivity index (χ0v) is 8.84. The van der Waals surface area contributed by atoms with E-state index in [9.17, 15) is 17.2 Å². The van der Waals surface area contributed by atoms with E-state index in [2.05, 4.69) is 0 Å². The van der Waals surface area contributed by atoms with Gasteiger partial charge in [-0.3, -0.25) is 8.76 Å². The van der Waals surface area contributed by atoms with E-state index in [0.29, 0.717) is 0 Å². The van der Waals surface area contributed by atoms with E-state index in [4.69, 9.17) is 10.3 Å². The van der Waals surface area contributed by atoms with Crippen LogP contribution in [0.4, 0.5) is 11.4 Å². The molecule has 15 heavy (non-hydrogen) atoms. The van der Waals surface area contributed by atoms with Gasteiger partial charge in [-0.1, -0.05) is 0 Å². The molecule has 0 aliphatic rings. The first-order valence-electron chi connectivity index (χ1n) is 3.53. The lowest BCUT2D eigenvalue weighted by atomic mass is 10.3. The van der Waals surface area contributed by atoms with Gasteiger partial charge < -0.3 is 15.0 Å². The highest BCUT2D eigenvalue weighted by atomic mass is 32.2. The Bertz CT molecular complexity index is 498. The van der Waals surface area contributed by atoms with Crippen LogP contribution in [0, 0.1) is 0 Å². The summed E-state index contributed by atoms with van der Waals surface area (Å²) in [6, 6.07) is 3.35. The Hall–Kier alpha value is -1.16. The zero-order valence-electron chi connectivity index (χ0n) is 7.21. The Morgan fingerprint density at radius 2 is 2.07 bits per heavy atom. The summed E-state index contributed by atoms with van der Waals surface area (Å²) < 4.78 is 52.8. The number of nitrogens with two attached hydrogens (primary N) is 1. The van der Waals surface area contributed by atoms with Gasteiger partial charge in [-0.2, -0.15) is 8.42 Å². The molecule has 1 atom stereocenters. The molecule has 1 aromatic carbocycles. The van der Waals surface area contributed by atoms with Crippen LogP contribution in [0.2, 0.25) is 0 Å². The molecule has 7 nitrogen and oxygen atoms in total. The maximum atomic E-state index is 10.8. The van der Waals surface area contributed by atoms with E-state index >= 15 is 0 Å². The highest BCUT2D eigenvalue weighted by molar-refractivity contribution is 7.86. The zero-order chi connectivity index (χ0) is 11.6. The SMILES string of the molecule is Nc1ccc(NS(=O)[O-])cc1S(=O)(=O)O. The Morgan fingerprint density at radius 3 is 2.53 bits per heavy atom. The van der Waals surface area contributed by atoms with Crippen LogP contribution >= 0.6 is 0 Å². The number of anilines is 2. The number of nitrogen functional groups attached to an aromatic ring is 1. The average Bonchev–Trinajstić information content (AvgIpc) is 2.05. The van der Waals surface area contributed by atoms with E-state index in [1.54, 1.807) is 0 Å². The van der Waals surface area contributed by atoms with Gasteiger partial charge in [-0.15, -0.1) is 0 Å². The van der Waals surface area contributed by atoms with E-state index in [1.807, 2.05) is 4.72 Å². The number of rotatable bonds is 3. The minimum absolute atomic E-state index is 0.00911. The predicted octanol–water partition coefficient (Wildman–Crippen LogP) is -0.279. The molecule has 0 saturated heterocycles. The molecule has 0 amide bonds. The molecule has 0 spiro atoms. The Morgan fingerprint density at radius 1 is 1.47 bits per heavy atom. The lowest BCUT2D eigenvalue weighted by Crippen LogP contribution is -2.06. The van der Waals surface area contributed by atoms with Crippen LogP contribution in [0.5, 0.6) is 0 Å². The molecule has 0 fully saturated rings. The maximum absolute atomic E-state index is 10.8. The molecule has 1 aromatic rings. The fourth-order valence-corrected chi connectivity index (χ4v) is 1.88. The summed E-state index contributed by atoms with van der Waals surface area (Å²) >= 11 is -2.58. The molecule has 4 N–H and O–H groups in total. The van der Waals surface area contributed by atoms with Gasteiger partial charge in [-0.25, -0.2) is 0 Å². The van der Waals surface area contributed by atoms with Crippen LogP contribution in [0.1, 0.15) is 0 Å². The van der Waals surface area contributed by atoms with Crippen LogP contribution < -0.4 is 10.5 Å². The molecule has 0 saturated carbocycles. The number of benzene rings is 1. The van der Waals surface area contributed by atoms with Gasteiger partial charge in [0.2, 0.25) is 0 Å². The standard InChI is InChI=1S/C6H8N2O5S2/c7-5-2-1-4(8-14(9)10)3-6(5)15(11,12)13/h1-3,8H,7H2,(H,9,10)(H,11,12,13)/p-1. The summed E-state index contributed by atoms with van der Waals surface area (Å²) in [5.74, 6) is 0. The van der Waals surface area contributed by atoms with Crippen molar-refractivity contribution in [2.75, 3.05) is 10.5 Å². The topological polar surface area (TPSA) is 133 Å². The van der Waals surface area contributed by atoms with Crippen LogP contribution in [-0.4, -0.2) is 21.7 Å². The lowest BCUT2D eigenvalue weighted by molar-refractivity contribution is 0.483. The van der Waals surface area contributed by atoms with E-state index in [1.165, 1.54) is 6.07 Å². The van der Waals surface area contributed by atoms with Gasteiger partial charge in [-0.05, 0) is 18.2 Å². The molecule has 0 bridgehead atoms. The van der Waals surface area contributed by atoms with Gasteiger partial charge in [0, 0.05) is 17.0 Å². The second-order valence-corrected chi connectivity index (χ2v) is 4.63. The highest BCUT2D eigenvalue weighted by Gasteiger charge is 2.14. The normalized spacial score (nSPS) is 13.5. The fraction of sp³-hybridized carbons (Fsp3) is 0. The number of hydrogen-bond donors (Lipinski definition) is 3. The first-order chi connectivity index (χ1) is 6.80. The number of hydrogen-bond acceptors (Lipinski definition) is 5. The third kappa shape index (κ3) is 3.16. The van der Waals surface area contributed by atoms with Crippen LogP contribution in [0.25, 0.3) is 0 Å². The lowest BCUT2D eigenvalue weighted by Gasteiger charge is -2.10. The third-order valence-corrected chi connectivity index (χ3v) is 2.80. The number of nitrogens with one attached hydrogen (secondary N) is 1. The maximum Gasteiger partial charge on any atom is 0.296 e. The van der Waals surface area contributed by atoms with Crippen LogP contribution in [0.3, 0.4) is 0 Å². The van der Waals surface area contributed by atoms with Crippen molar-refractivity contribution in [2.45, 2.75) is 4.90 Å². The summed E-state index contributed by atoms with van der Waals surface area (Å²) in [7, 11) is -4.46. The van der Waals surface area contributed by atoms with Gasteiger partial charge in [0.15, 0.2) is 0 Å². The van der Waals surface area contributed by atoms with Crippen molar-refractivity contribution in [3.8, 4) is 0 Å². The molecule has 0 aromatic heterocycles. The largest absolute Gasteiger partial charge is 0.755 e. The minimum Gasteiger partial charge on any atom is -0.755 e. The first kappa shape index (κ1) is 11.9. The quantitative estimate of drug-likeness (QED) is 0.384. The summed E-state index contributed by atoms with van der Waals surface area (Å²) in [5, 5.41) is 0. The van der Waals surface area contributed by atoms with Gasteiger partial charge in [0.05, 0.1) is 5.69 Å². The van der Waals surface area contributed by atoms with Crippen molar-refractivity contribution >= 4 is 32.8 Å². The third-order valence-electron chi connectivity index (χ3n) is 1.49. The summed E-state index contributed by atoms with van der Waals surface area (Å²) in [5.41, 5.74) is 5.11. The molecule has 1 rings (SSSR count).